The molecule has 36 heavy (non-hydrogen) atoms. The van der Waals surface area contributed by atoms with Gasteiger partial charge in [0.2, 0.25) is 0 Å². The molecule has 0 radical (unpaired) electrons. The quantitative estimate of drug-likeness (QED) is 0.329. The molecule has 0 N–H and O–H groups in total. The second-order valence-corrected chi connectivity index (χ2v) is 10.7. The van der Waals surface area contributed by atoms with Crippen LogP contribution in [0.15, 0.2) is 78.6 Å². The topological polar surface area (TPSA) is 100 Å². The Bertz CT molecular complexity index is 1470. The van der Waals surface area contributed by atoms with E-state index in [0.717, 1.165) is 22.5 Å². The van der Waals surface area contributed by atoms with Crippen LogP contribution in [0.25, 0.3) is 0 Å². The first kappa shape index (κ1) is 25.2. The van der Waals surface area contributed by atoms with E-state index in [1.807, 2.05) is 54.9 Å². The molecule has 0 amide bonds. The molecule has 4 aromatic rings. The molecule has 186 valence electrons. The van der Waals surface area contributed by atoms with E-state index < -0.39 is 10.0 Å². The van der Waals surface area contributed by atoms with Gasteiger partial charge in [0.05, 0.1) is 36.5 Å². The van der Waals surface area contributed by atoms with Crippen LogP contribution in [-0.2, 0) is 37.2 Å². The van der Waals surface area contributed by atoms with Crippen LogP contribution in [0.1, 0.15) is 22.4 Å². The molecule has 0 unspecified atom stereocenters. The Balaban J connectivity index is 1.64. The summed E-state index contributed by atoms with van der Waals surface area (Å²) < 4.78 is 32.3. The smallest absolute Gasteiger partial charge is 0.262 e. The predicted octanol–water partition coefficient (Wildman–Crippen LogP) is 3.23. The molecule has 0 saturated carbocycles. The Labute approximate surface area is 211 Å². The van der Waals surface area contributed by atoms with E-state index in [1.165, 1.54) is 16.8 Å². The van der Waals surface area contributed by atoms with Gasteiger partial charge in [0.15, 0.2) is 5.03 Å². The van der Waals surface area contributed by atoms with Gasteiger partial charge >= 0.3 is 0 Å². The van der Waals surface area contributed by atoms with Gasteiger partial charge in [-0.15, -0.1) is 0 Å². The lowest BCUT2D eigenvalue weighted by molar-refractivity contribution is 0.406. The molecule has 10 heteroatoms. The number of nitriles is 1. The zero-order valence-electron chi connectivity index (χ0n) is 20.6. The lowest BCUT2D eigenvalue weighted by Gasteiger charge is -2.29. The minimum atomic E-state index is -3.84. The lowest BCUT2D eigenvalue weighted by Crippen LogP contribution is -2.38. The molecule has 0 aliphatic heterocycles. The number of rotatable bonds is 10. The molecular weight excluding hydrogens is 474 g/mol. The van der Waals surface area contributed by atoms with Crippen molar-refractivity contribution in [2.45, 2.75) is 25.0 Å². The minimum absolute atomic E-state index is 0.0224. The van der Waals surface area contributed by atoms with E-state index in [0.29, 0.717) is 18.7 Å². The number of aromatic nitrogens is 4. The van der Waals surface area contributed by atoms with Crippen LogP contribution in [0.2, 0.25) is 0 Å². The van der Waals surface area contributed by atoms with Gasteiger partial charge < -0.3 is 14.0 Å². The average Bonchev–Trinajstić information content (AvgIpc) is 3.49. The Hall–Kier alpha value is -3.94. The number of imidazole rings is 2. The van der Waals surface area contributed by atoms with E-state index in [-0.39, 0.29) is 18.1 Å². The van der Waals surface area contributed by atoms with Gasteiger partial charge in [-0.25, -0.2) is 18.4 Å². The summed E-state index contributed by atoms with van der Waals surface area (Å²) in [5, 5.41) is 9.21. The summed E-state index contributed by atoms with van der Waals surface area (Å²) in [6.45, 7) is 3.42. The van der Waals surface area contributed by atoms with Crippen molar-refractivity contribution in [3.05, 3.63) is 96.0 Å². The molecule has 9 nitrogen and oxygen atoms in total. The highest BCUT2D eigenvalue weighted by molar-refractivity contribution is 7.89. The monoisotopic (exact) mass is 503 g/mol. The van der Waals surface area contributed by atoms with Gasteiger partial charge in [0.1, 0.15) is 0 Å². The second kappa shape index (κ2) is 10.8. The number of aryl methyl sites for hydroxylation is 3. The fourth-order valence-electron chi connectivity index (χ4n) is 3.96. The van der Waals surface area contributed by atoms with Crippen LogP contribution in [0.3, 0.4) is 0 Å². The SMILES string of the molecule is Cc1cccc(CN(CCN(Cc2cncn2C)c2ccc(C#N)cc2)S(=O)(=O)c2cn(C)cn2)c1. The Morgan fingerprint density at radius 2 is 1.81 bits per heavy atom. The van der Waals surface area contributed by atoms with Crippen molar-refractivity contribution in [3.8, 4) is 6.07 Å². The number of hydrogen-bond donors (Lipinski definition) is 0. The van der Waals surface area contributed by atoms with Crippen LogP contribution < -0.4 is 4.90 Å². The lowest BCUT2D eigenvalue weighted by atomic mass is 10.1. The van der Waals surface area contributed by atoms with Gasteiger partial charge in [-0.2, -0.15) is 9.57 Å². The predicted molar refractivity (Wildman–Crippen MR) is 137 cm³/mol. The standard InChI is InChI=1S/C26H29N7O2S/c1-21-5-4-6-23(13-21)16-33(36(34,35)26-18-30(2)20-29-26)12-11-32(17-25-15-28-19-31(25)3)24-9-7-22(14-27)8-10-24/h4-10,13,15,18-20H,11-12,16-17H2,1-3H3. The normalized spacial score (nSPS) is 11.5. The Morgan fingerprint density at radius 1 is 1.03 bits per heavy atom. The van der Waals surface area contributed by atoms with E-state index in [9.17, 15) is 13.7 Å². The molecule has 0 fully saturated rings. The summed E-state index contributed by atoms with van der Waals surface area (Å²) in [4.78, 5) is 10.4. The van der Waals surface area contributed by atoms with Crippen molar-refractivity contribution in [1.29, 1.82) is 5.26 Å². The highest BCUT2D eigenvalue weighted by Gasteiger charge is 2.27. The minimum Gasteiger partial charge on any atom is -0.364 e. The molecule has 0 saturated heterocycles. The fraction of sp³-hybridized carbons (Fsp3) is 0.269. The molecule has 2 heterocycles. The number of nitrogens with zero attached hydrogens (tertiary/aromatic N) is 7. The molecule has 0 spiro atoms. The number of sulfonamides is 1. The zero-order valence-corrected chi connectivity index (χ0v) is 21.4. The van der Waals surface area contributed by atoms with E-state index >= 15 is 0 Å². The molecule has 0 bridgehead atoms. The summed E-state index contributed by atoms with van der Waals surface area (Å²) in [5.74, 6) is 0. The second-order valence-electron chi connectivity index (χ2n) is 8.78. The Kier molecular flexibility index (Phi) is 7.52. The van der Waals surface area contributed by atoms with Gasteiger partial charge in [-0.05, 0) is 36.8 Å². The fourth-order valence-corrected chi connectivity index (χ4v) is 5.35. The largest absolute Gasteiger partial charge is 0.364 e. The van der Waals surface area contributed by atoms with Crippen LogP contribution in [-0.4, -0.2) is 44.9 Å². The van der Waals surface area contributed by atoms with Gasteiger partial charge in [-0.1, -0.05) is 29.8 Å². The van der Waals surface area contributed by atoms with E-state index in [1.54, 1.807) is 36.3 Å². The third-order valence-corrected chi connectivity index (χ3v) is 7.71. The first-order valence-electron chi connectivity index (χ1n) is 11.5. The van der Waals surface area contributed by atoms with Crippen LogP contribution >= 0.6 is 0 Å². The number of hydrogen-bond acceptors (Lipinski definition) is 6. The number of anilines is 1. The van der Waals surface area contributed by atoms with Gasteiger partial charge in [-0.3, -0.25) is 0 Å². The molecule has 2 aromatic heterocycles. The molecule has 0 aliphatic carbocycles. The summed E-state index contributed by atoms with van der Waals surface area (Å²) in [6, 6.07) is 17.3. The van der Waals surface area contributed by atoms with Crippen molar-refractivity contribution < 1.29 is 8.42 Å². The maximum atomic E-state index is 13.6. The highest BCUT2D eigenvalue weighted by Crippen LogP contribution is 2.21. The summed E-state index contributed by atoms with van der Waals surface area (Å²) in [6.07, 6.45) is 6.55. The van der Waals surface area contributed by atoms with Crippen molar-refractivity contribution >= 4 is 15.7 Å². The maximum absolute atomic E-state index is 13.6. The number of benzene rings is 2. The third-order valence-electron chi connectivity index (χ3n) is 5.98. The van der Waals surface area contributed by atoms with E-state index in [4.69, 9.17) is 0 Å². The van der Waals surface area contributed by atoms with Crippen LogP contribution in [0.5, 0.6) is 0 Å². The molecule has 0 aliphatic rings. The van der Waals surface area contributed by atoms with Crippen molar-refractivity contribution in [1.82, 2.24) is 23.4 Å². The van der Waals surface area contributed by atoms with Crippen molar-refractivity contribution in [2.75, 3.05) is 18.0 Å². The summed E-state index contributed by atoms with van der Waals surface area (Å²) in [5.41, 5.74) is 4.42. The van der Waals surface area contributed by atoms with Gasteiger partial charge in [0.25, 0.3) is 10.0 Å². The molecule has 0 atom stereocenters. The molecular formula is C26H29N7O2S. The van der Waals surface area contributed by atoms with Crippen LogP contribution in [0.4, 0.5) is 5.69 Å². The molecule has 4 rings (SSSR count). The molecule has 2 aromatic carbocycles. The first-order valence-corrected chi connectivity index (χ1v) is 12.9. The maximum Gasteiger partial charge on any atom is 0.262 e. The summed E-state index contributed by atoms with van der Waals surface area (Å²) in [7, 11) is -0.163. The Morgan fingerprint density at radius 3 is 2.42 bits per heavy atom. The van der Waals surface area contributed by atoms with Gasteiger partial charge in [0, 0.05) is 51.8 Å². The van der Waals surface area contributed by atoms with Crippen LogP contribution in [0, 0.1) is 18.3 Å². The highest BCUT2D eigenvalue weighted by atomic mass is 32.2. The first-order chi connectivity index (χ1) is 17.3. The zero-order chi connectivity index (χ0) is 25.7. The summed E-state index contributed by atoms with van der Waals surface area (Å²) >= 11 is 0. The average molecular weight is 504 g/mol. The third kappa shape index (κ3) is 5.82. The van der Waals surface area contributed by atoms with Crippen molar-refractivity contribution in [2.24, 2.45) is 14.1 Å². The van der Waals surface area contributed by atoms with Crippen molar-refractivity contribution in [3.63, 3.8) is 0 Å². The van der Waals surface area contributed by atoms with E-state index in [2.05, 4.69) is 20.9 Å².